The minimum atomic E-state index is -5.22. The summed E-state index contributed by atoms with van der Waals surface area (Å²) in [5.74, 6) is 0.0434. The molecule has 4 aliphatic heterocycles. The predicted molar refractivity (Wildman–Crippen MR) is 207 cm³/mol. The zero-order chi connectivity index (χ0) is 46.5. The fourth-order valence-electron chi connectivity index (χ4n) is 8.32. The quantitative estimate of drug-likeness (QED) is 0.0737. The van der Waals surface area contributed by atoms with Crippen LogP contribution in [0.3, 0.4) is 0 Å². The van der Waals surface area contributed by atoms with Gasteiger partial charge in [0.25, 0.3) is 0 Å². The molecule has 2 aromatic heterocycles. The van der Waals surface area contributed by atoms with Gasteiger partial charge in [-0.15, -0.1) is 0 Å². The lowest BCUT2D eigenvalue weighted by Gasteiger charge is -2.47. The molecule has 5 aliphatic rings. The molecule has 1 aliphatic carbocycles. The molecular formula is C33H57N10O20P. The van der Waals surface area contributed by atoms with Crippen LogP contribution in [0.25, 0.3) is 11.2 Å². The lowest BCUT2D eigenvalue weighted by Crippen LogP contribution is -2.68. The first-order valence-electron chi connectivity index (χ1n) is 20.2. The number of hydrogen-bond acceptors (Lipinski definition) is 28. The van der Waals surface area contributed by atoms with Crippen LogP contribution >= 0.6 is 7.82 Å². The zero-order valence-corrected chi connectivity index (χ0v) is 34.6. The largest absolute Gasteiger partial charge is 0.472 e. The van der Waals surface area contributed by atoms with E-state index >= 15 is 0 Å². The molecule has 0 amide bonds. The fourth-order valence-corrected chi connectivity index (χ4v) is 9.28. The van der Waals surface area contributed by atoms with E-state index in [2.05, 4.69) is 15.0 Å². The smallest absolute Gasteiger partial charge is 0.394 e. The van der Waals surface area contributed by atoms with E-state index in [1.807, 2.05) is 0 Å². The topological polar surface area (TPSA) is 502 Å². The molecule has 64 heavy (non-hydrogen) atoms. The highest BCUT2D eigenvalue weighted by atomic mass is 31.2. The molecule has 22 N–H and O–H groups in total. The Morgan fingerprint density at radius 3 is 1.94 bits per heavy atom. The number of nitrogen functional groups attached to an aromatic ring is 1. The maximum absolute atomic E-state index is 13.2. The molecule has 1 saturated carbocycles. The third-order valence-electron chi connectivity index (χ3n) is 11.9. The molecule has 30 nitrogen and oxygen atoms in total. The monoisotopic (exact) mass is 944 g/mol. The molecule has 364 valence electrons. The summed E-state index contributed by atoms with van der Waals surface area (Å²) >= 11 is 0. The summed E-state index contributed by atoms with van der Waals surface area (Å²) in [7, 11) is -5.22. The maximum atomic E-state index is 13.2. The van der Waals surface area contributed by atoms with Gasteiger partial charge >= 0.3 is 7.82 Å². The molecule has 31 heteroatoms. The Morgan fingerprint density at radius 1 is 0.672 bits per heavy atom. The average molecular weight is 945 g/mol. The number of hydrogen-bond donors (Lipinski definition) is 16. The molecule has 6 heterocycles. The van der Waals surface area contributed by atoms with Crippen molar-refractivity contribution >= 4 is 24.8 Å². The third kappa shape index (κ3) is 9.66. The number of phosphoric ester groups is 1. The van der Waals surface area contributed by atoms with Crippen molar-refractivity contribution in [2.24, 2.45) is 28.7 Å². The normalized spacial score (nSPS) is 46.4. The molecule has 0 radical (unpaired) electrons. The van der Waals surface area contributed by atoms with E-state index < -0.39 is 168 Å². The van der Waals surface area contributed by atoms with Crippen molar-refractivity contribution in [1.82, 2.24) is 19.5 Å². The number of ether oxygens (including phenoxy) is 7. The molecule has 0 aromatic carbocycles. The number of rotatable bonds is 15. The van der Waals surface area contributed by atoms with Crippen LogP contribution in [-0.4, -0.2) is 231 Å². The van der Waals surface area contributed by atoms with Crippen molar-refractivity contribution in [2.45, 2.75) is 147 Å². The Kier molecular flexibility index (Phi) is 15.5. The second-order valence-electron chi connectivity index (χ2n) is 16.2. The molecule has 24 atom stereocenters. The summed E-state index contributed by atoms with van der Waals surface area (Å²) in [5.41, 5.74) is 36.7. The lowest BCUT2D eigenvalue weighted by atomic mass is 9.84. The summed E-state index contributed by atoms with van der Waals surface area (Å²) < 4.78 is 65.6. The number of aliphatic hydroxyl groups is 9. The summed E-state index contributed by atoms with van der Waals surface area (Å²) in [6, 6.07) is -5.02. The number of anilines is 1. The second-order valence-corrected chi connectivity index (χ2v) is 17.6. The van der Waals surface area contributed by atoms with Crippen molar-refractivity contribution in [1.29, 1.82) is 0 Å². The van der Waals surface area contributed by atoms with Crippen LogP contribution in [0.4, 0.5) is 5.82 Å². The van der Waals surface area contributed by atoms with E-state index in [9.17, 15) is 55.4 Å². The van der Waals surface area contributed by atoms with Gasteiger partial charge in [-0.3, -0.25) is 13.6 Å². The van der Waals surface area contributed by atoms with Crippen molar-refractivity contribution in [3.05, 3.63) is 12.7 Å². The van der Waals surface area contributed by atoms with Gasteiger partial charge in [-0.1, -0.05) is 0 Å². The van der Waals surface area contributed by atoms with Crippen LogP contribution in [0.1, 0.15) is 12.6 Å². The number of nitrogens with two attached hydrogens (primary N) is 6. The number of phosphoric acid groups is 1. The minimum Gasteiger partial charge on any atom is -0.394 e. The molecule has 0 bridgehead atoms. The van der Waals surface area contributed by atoms with E-state index in [0.717, 1.165) is 6.33 Å². The van der Waals surface area contributed by atoms with Crippen molar-refractivity contribution in [3.8, 4) is 0 Å². The van der Waals surface area contributed by atoms with E-state index in [0.29, 0.717) is 0 Å². The number of imidazole rings is 1. The minimum absolute atomic E-state index is 0.0434. The number of aromatic nitrogens is 4. The summed E-state index contributed by atoms with van der Waals surface area (Å²) in [6.45, 7) is -2.75. The molecular weight excluding hydrogens is 887 g/mol. The van der Waals surface area contributed by atoms with Gasteiger partial charge < -0.3 is 118 Å². The predicted octanol–water partition coefficient (Wildman–Crippen LogP) is -9.68. The second kappa shape index (κ2) is 20.1. The molecule has 0 spiro atoms. The first-order valence-corrected chi connectivity index (χ1v) is 21.7. The summed E-state index contributed by atoms with van der Waals surface area (Å²) in [4.78, 5) is 22.7. The Bertz CT molecular complexity index is 1920. The molecule has 2 aromatic rings. The van der Waals surface area contributed by atoms with Gasteiger partial charge in [-0.25, -0.2) is 19.5 Å². The Hall–Kier alpha value is -2.38. The van der Waals surface area contributed by atoms with Crippen LogP contribution in [0, 0.1) is 0 Å². The van der Waals surface area contributed by atoms with E-state index in [-0.39, 0.29) is 29.9 Å². The van der Waals surface area contributed by atoms with Crippen molar-refractivity contribution in [3.63, 3.8) is 0 Å². The lowest BCUT2D eigenvalue weighted by molar-refractivity contribution is -0.309. The third-order valence-corrected chi connectivity index (χ3v) is 12.9. The maximum Gasteiger partial charge on any atom is 0.472 e. The van der Waals surface area contributed by atoms with Gasteiger partial charge in [0.1, 0.15) is 97.3 Å². The van der Waals surface area contributed by atoms with E-state index in [1.54, 1.807) is 0 Å². The van der Waals surface area contributed by atoms with Crippen LogP contribution < -0.4 is 34.4 Å². The van der Waals surface area contributed by atoms with Gasteiger partial charge in [0.05, 0.1) is 44.3 Å². The first-order chi connectivity index (χ1) is 30.3. The highest BCUT2D eigenvalue weighted by Crippen LogP contribution is 2.48. The van der Waals surface area contributed by atoms with Gasteiger partial charge in [0.2, 0.25) is 0 Å². The average Bonchev–Trinajstić information content (AvgIpc) is 3.92. The Morgan fingerprint density at radius 2 is 1.27 bits per heavy atom. The van der Waals surface area contributed by atoms with Crippen molar-refractivity contribution in [2.75, 3.05) is 32.1 Å². The molecule has 5 fully saturated rings. The first kappa shape index (κ1) is 49.5. The number of nitrogens with zero attached hydrogens (tertiary/aromatic N) is 4. The van der Waals surface area contributed by atoms with E-state index in [4.69, 9.17) is 76.6 Å². The van der Waals surface area contributed by atoms with Crippen molar-refractivity contribution < 1.29 is 97.6 Å². The Balaban J connectivity index is 0.986. The number of aliphatic hydroxyl groups excluding tert-OH is 9. The molecule has 1 unspecified atom stereocenters. The molecule has 4 saturated heterocycles. The SMILES string of the molecule is NC[C@@H]1O[C@H](O[C@H]2[C@@H](O)[C@H](O[C@@H]3[C@@H](O)[C@H](N)C[C@H](N)[C@H]3O[C@H]3O[C@H](CO)[C@@H](OP(=O)(O)OC[C@H]4O[C@@H](n5cnc6c(N)ncnc65)[C@H](O)[C@@H]4O)[C@H](O)[C@H]3N)O[C@@H]2CO)[C@H](N)[C@@H](O)[C@@H]1O. The number of fused-ring (bicyclic) bond motifs is 1. The highest BCUT2D eigenvalue weighted by Gasteiger charge is 2.55. The zero-order valence-electron chi connectivity index (χ0n) is 33.7. The fraction of sp³-hybridized carbons (Fsp3) is 0.848. The van der Waals surface area contributed by atoms with Crippen LogP contribution in [0.2, 0.25) is 0 Å². The summed E-state index contributed by atoms with van der Waals surface area (Å²) in [5, 5.41) is 96.3. The van der Waals surface area contributed by atoms with Crippen LogP contribution in [0.15, 0.2) is 12.7 Å². The highest BCUT2D eigenvalue weighted by molar-refractivity contribution is 7.47. The molecule has 7 rings (SSSR count). The van der Waals surface area contributed by atoms with Gasteiger partial charge in [-0.05, 0) is 6.42 Å². The van der Waals surface area contributed by atoms with Gasteiger partial charge in [-0.2, -0.15) is 0 Å². The van der Waals surface area contributed by atoms with Gasteiger partial charge in [0, 0.05) is 18.6 Å². The van der Waals surface area contributed by atoms with Gasteiger partial charge in [0.15, 0.2) is 36.6 Å². The Labute approximate surface area is 362 Å². The van der Waals surface area contributed by atoms with Crippen LogP contribution in [0.5, 0.6) is 0 Å². The standard InChI is InChI=1S/C33H57N10O20P/c34-2-10-18(47)20(49)14(37)31(57-10)61-25-11(3-44)59-33(23(25)52)62-27-17(46)8(35)1-9(36)24(27)60-32-15(38)21(50)26(12(4-45)58-32)63-64(53,54)55-5-13-19(48)22(51)30(56-13)43-7-42-16-28(39)40-6-41-29(16)43/h6-15,17-27,30-33,44-52H,1-5,34-38H2,(H,53,54)(H2,39,40,41)/t8-,9+,10+,11-,12-,13-,14-,15-,17+,18-,19-,20-,21-,22-,23-,24-,25-,26-,27-,30-,31-,32-,33+/m1/s1. The summed E-state index contributed by atoms with van der Waals surface area (Å²) in [6.07, 6.45) is -26.9. The van der Waals surface area contributed by atoms with Crippen LogP contribution in [-0.2, 0) is 46.8 Å². The van der Waals surface area contributed by atoms with E-state index in [1.165, 1.54) is 10.9 Å².